The summed E-state index contributed by atoms with van der Waals surface area (Å²) in [6.45, 7) is 0. The lowest BCUT2D eigenvalue weighted by molar-refractivity contribution is -0.168. The standard InChI is InChI=1S/C12H9F3/c13-12(14,15)11(8-9-11)7-6-10-4-2-1-3-5-10/h1-5H,8-9H2. The summed E-state index contributed by atoms with van der Waals surface area (Å²) in [5.41, 5.74) is -1.09. The smallest absolute Gasteiger partial charge is 0.169 e. The molecule has 0 unspecified atom stereocenters. The van der Waals surface area contributed by atoms with Crippen LogP contribution in [0.25, 0.3) is 0 Å². The van der Waals surface area contributed by atoms with Crippen LogP contribution < -0.4 is 0 Å². The Balaban J connectivity index is 2.20. The van der Waals surface area contributed by atoms with E-state index in [2.05, 4.69) is 11.8 Å². The Kier molecular flexibility index (Phi) is 2.22. The highest BCUT2D eigenvalue weighted by Gasteiger charge is 2.62. The van der Waals surface area contributed by atoms with Crippen LogP contribution in [-0.2, 0) is 0 Å². The Hall–Kier alpha value is -1.43. The minimum Gasteiger partial charge on any atom is -0.169 e. The highest BCUT2D eigenvalue weighted by Crippen LogP contribution is 2.57. The Labute approximate surface area is 86.1 Å². The molecule has 0 bridgehead atoms. The average Bonchev–Trinajstić information content (AvgIpc) is 2.96. The van der Waals surface area contributed by atoms with Crippen molar-refractivity contribution in [3.8, 4) is 11.8 Å². The zero-order chi connectivity index (χ0) is 10.9. The van der Waals surface area contributed by atoms with Crippen LogP contribution in [0.1, 0.15) is 18.4 Å². The van der Waals surface area contributed by atoms with Crippen LogP contribution in [0.15, 0.2) is 30.3 Å². The molecule has 1 aromatic rings. The van der Waals surface area contributed by atoms with Crippen molar-refractivity contribution in [3.05, 3.63) is 35.9 Å². The van der Waals surface area contributed by atoms with Gasteiger partial charge in [-0.3, -0.25) is 0 Å². The average molecular weight is 210 g/mol. The van der Waals surface area contributed by atoms with Gasteiger partial charge in [0.2, 0.25) is 0 Å². The molecule has 0 spiro atoms. The number of hydrogen-bond donors (Lipinski definition) is 0. The molecule has 0 atom stereocenters. The molecule has 0 aliphatic heterocycles. The summed E-state index contributed by atoms with van der Waals surface area (Å²) in [6.07, 6.45) is -3.92. The minimum atomic E-state index is -4.19. The molecule has 0 amide bonds. The molecule has 0 nitrogen and oxygen atoms in total. The maximum atomic E-state index is 12.5. The van der Waals surface area contributed by atoms with Gasteiger partial charge in [-0.25, -0.2) is 0 Å². The van der Waals surface area contributed by atoms with Crippen LogP contribution in [0.5, 0.6) is 0 Å². The Morgan fingerprint density at radius 1 is 1.07 bits per heavy atom. The number of halogens is 3. The van der Waals surface area contributed by atoms with Gasteiger partial charge >= 0.3 is 6.18 Å². The molecule has 0 heterocycles. The molecule has 78 valence electrons. The fourth-order valence-electron chi connectivity index (χ4n) is 1.32. The van der Waals surface area contributed by atoms with E-state index < -0.39 is 11.6 Å². The van der Waals surface area contributed by atoms with Crippen molar-refractivity contribution in [1.29, 1.82) is 0 Å². The first-order valence-corrected chi connectivity index (χ1v) is 4.68. The van der Waals surface area contributed by atoms with Crippen LogP contribution in [0.2, 0.25) is 0 Å². The van der Waals surface area contributed by atoms with E-state index in [0.717, 1.165) is 0 Å². The van der Waals surface area contributed by atoms with Crippen LogP contribution in [0.3, 0.4) is 0 Å². The summed E-state index contributed by atoms with van der Waals surface area (Å²) in [4.78, 5) is 0. The van der Waals surface area contributed by atoms with Crippen LogP contribution in [0.4, 0.5) is 13.2 Å². The predicted octanol–water partition coefficient (Wildman–Crippen LogP) is 3.38. The van der Waals surface area contributed by atoms with Gasteiger partial charge in [-0.15, -0.1) is 0 Å². The highest BCUT2D eigenvalue weighted by atomic mass is 19.4. The lowest BCUT2D eigenvalue weighted by Gasteiger charge is -2.11. The van der Waals surface area contributed by atoms with Gasteiger partial charge in [-0.05, 0) is 25.0 Å². The molecule has 0 N–H and O–H groups in total. The lowest BCUT2D eigenvalue weighted by Crippen LogP contribution is -2.22. The van der Waals surface area contributed by atoms with Crippen LogP contribution >= 0.6 is 0 Å². The molecular formula is C12H9F3. The third kappa shape index (κ3) is 1.99. The Bertz CT molecular complexity index is 402. The molecule has 15 heavy (non-hydrogen) atoms. The van der Waals surface area contributed by atoms with Gasteiger partial charge in [0, 0.05) is 5.56 Å². The Morgan fingerprint density at radius 2 is 1.67 bits per heavy atom. The van der Waals surface area contributed by atoms with Gasteiger partial charge in [0.25, 0.3) is 0 Å². The molecule has 3 heteroatoms. The minimum absolute atomic E-state index is 0.135. The van der Waals surface area contributed by atoms with E-state index in [4.69, 9.17) is 0 Å². The second-order valence-corrected chi connectivity index (χ2v) is 3.70. The summed E-state index contributed by atoms with van der Waals surface area (Å²) in [5.74, 6) is 4.94. The maximum absolute atomic E-state index is 12.5. The molecule has 0 aromatic heterocycles. The van der Waals surface area contributed by atoms with Crippen molar-refractivity contribution >= 4 is 0 Å². The quantitative estimate of drug-likeness (QED) is 0.576. The van der Waals surface area contributed by atoms with E-state index in [0.29, 0.717) is 5.56 Å². The summed E-state index contributed by atoms with van der Waals surface area (Å²) >= 11 is 0. The molecule has 1 fully saturated rings. The van der Waals surface area contributed by atoms with Crippen molar-refractivity contribution in [2.24, 2.45) is 5.41 Å². The van der Waals surface area contributed by atoms with E-state index in [1.165, 1.54) is 0 Å². The summed E-state index contributed by atoms with van der Waals surface area (Å²) in [5, 5.41) is 0. The van der Waals surface area contributed by atoms with Crippen molar-refractivity contribution < 1.29 is 13.2 Å². The molecular weight excluding hydrogens is 201 g/mol. The topological polar surface area (TPSA) is 0 Å². The highest BCUT2D eigenvalue weighted by molar-refractivity contribution is 5.37. The van der Waals surface area contributed by atoms with E-state index in [9.17, 15) is 13.2 Å². The second-order valence-electron chi connectivity index (χ2n) is 3.70. The van der Waals surface area contributed by atoms with E-state index in [-0.39, 0.29) is 12.8 Å². The maximum Gasteiger partial charge on any atom is 0.405 e. The third-order valence-electron chi connectivity index (χ3n) is 2.51. The summed E-state index contributed by atoms with van der Waals surface area (Å²) in [7, 11) is 0. The van der Waals surface area contributed by atoms with Gasteiger partial charge < -0.3 is 0 Å². The number of hydrogen-bond acceptors (Lipinski definition) is 0. The normalized spacial score (nSPS) is 17.8. The molecule has 1 aliphatic carbocycles. The van der Waals surface area contributed by atoms with Gasteiger partial charge in [-0.2, -0.15) is 13.2 Å². The fraction of sp³-hybridized carbons (Fsp3) is 0.333. The molecule has 1 aromatic carbocycles. The number of benzene rings is 1. The SMILES string of the molecule is FC(F)(F)C1(C#Cc2ccccc2)CC1. The zero-order valence-corrected chi connectivity index (χ0v) is 7.93. The van der Waals surface area contributed by atoms with Crippen molar-refractivity contribution in [2.45, 2.75) is 19.0 Å². The molecule has 1 saturated carbocycles. The van der Waals surface area contributed by atoms with Crippen LogP contribution in [-0.4, -0.2) is 6.18 Å². The molecule has 0 radical (unpaired) electrons. The van der Waals surface area contributed by atoms with Crippen molar-refractivity contribution in [1.82, 2.24) is 0 Å². The van der Waals surface area contributed by atoms with E-state index in [1.54, 1.807) is 24.3 Å². The summed E-state index contributed by atoms with van der Waals surface area (Å²) < 4.78 is 37.5. The molecule has 2 rings (SSSR count). The number of alkyl halides is 3. The van der Waals surface area contributed by atoms with E-state index >= 15 is 0 Å². The fourth-order valence-corrected chi connectivity index (χ4v) is 1.32. The molecule has 0 saturated heterocycles. The first kappa shape index (κ1) is 10.1. The zero-order valence-electron chi connectivity index (χ0n) is 7.93. The Morgan fingerprint density at radius 3 is 2.13 bits per heavy atom. The van der Waals surface area contributed by atoms with Gasteiger partial charge in [-0.1, -0.05) is 30.0 Å². The van der Waals surface area contributed by atoms with Gasteiger partial charge in [0.05, 0.1) is 0 Å². The first-order chi connectivity index (χ1) is 7.04. The van der Waals surface area contributed by atoms with Crippen molar-refractivity contribution in [2.75, 3.05) is 0 Å². The monoisotopic (exact) mass is 210 g/mol. The van der Waals surface area contributed by atoms with Crippen LogP contribution in [0, 0.1) is 17.3 Å². The largest absolute Gasteiger partial charge is 0.405 e. The molecule has 1 aliphatic rings. The third-order valence-corrected chi connectivity index (χ3v) is 2.51. The number of rotatable bonds is 0. The lowest BCUT2D eigenvalue weighted by atomic mass is 10.1. The van der Waals surface area contributed by atoms with Crippen molar-refractivity contribution in [3.63, 3.8) is 0 Å². The van der Waals surface area contributed by atoms with Gasteiger partial charge in [0.1, 0.15) is 5.41 Å². The predicted molar refractivity (Wildman–Crippen MR) is 51.0 cm³/mol. The second kappa shape index (κ2) is 3.30. The summed E-state index contributed by atoms with van der Waals surface area (Å²) in [6, 6.07) is 8.75. The first-order valence-electron chi connectivity index (χ1n) is 4.68. The van der Waals surface area contributed by atoms with E-state index in [1.807, 2.05) is 6.07 Å². The van der Waals surface area contributed by atoms with Gasteiger partial charge in [0.15, 0.2) is 0 Å².